The van der Waals surface area contributed by atoms with Gasteiger partial charge in [-0.15, -0.1) is 0 Å². The first-order chi connectivity index (χ1) is 7.74. The Morgan fingerprint density at radius 3 is 2.50 bits per heavy atom. The molecule has 0 amide bonds. The van der Waals surface area contributed by atoms with Crippen LogP contribution in [0.5, 0.6) is 0 Å². The van der Waals surface area contributed by atoms with E-state index in [1.807, 2.05) is 12.1 Å². The minimum absolute atomic E-state index is 0.592. The molecule has 0 radical (unpaired) electrons. The maximum atomic E-state index is 12.1. The molecular formula is C12H15F2NS. The van der Waals surface area contributed by atoms with Gasteiger partial charge in [0, 0.05) is 11.4 Å². The summed E-state index contributed by atoms with van der Waals surface area (Å²) < 4.78 is 24.1. The maximum absolute atomic E-state index is 12.1. The van der Waals surface area contributed by atoms with Crippen LogP contribution in [0.1, 0.15) is 18.4 Å². The van der Waals surface area contributed by atoms with E-state index in [9.17, 15) is 8.78 Å². The smallest absolute Gasteiger partial charge is 0.288 e. The predicted molar refractivity (Wildman–Crippen MR) is 62.7 cm³/mol. The summed E-state index contributed by atoms with van der Waals surface area (Å²) in [4.78, 5) is 0.626. The molecule has 0 atom stereocenters. The SMILES string of the molecule is FC(F)Sc1ccc(CNCC2CC2)cc1. The molecule has 0 heterocycles. The zero-order chi connectivity index (χ0) is 11.4. The molecule has 1 N–H and O–H groups in total. The van der Waals surface area contributed by atoms with Crippen LogP contribution >= 0.6 is 11.8 Å². The number of halogens is 2. The van der Waals surface area contributed by atoms with Crippen LogP contribution in [0.4, 0.5) is 8.78 Å². The molecule has 88 valence electrons. The molecule has 0 aliphatic heterocycles. The van der Waals surface area contributed by atoms with E-state index in [-0.39, 0.29) is 0 Å². The van der Waals surface area contributed by atoms with Gasteiger partial charge in [0.1, 0.15) is 0 Å². The summed E-state index contributed by atoms with van der Waals surface area (Å²) in [6.45, 7) is 1.91. The highest BCUT2D eigenvalue weighted by atomic mass is 32.2. The molecule has 2 rings (SSSR count). The van der Waals surface area contributed by atoms with Crippen molar-refractivity contribution in [3.63, 3.8) is 0 Å². The van der Waals surface area contributed by atoms with Crippen molar-refractivity contribution in [2.75, 3.05) is 6.54 Å². The van der Waals surface area contributed by atoms with Gasteiger partial charge in [0.2, 0.25) is 0 Å². The van der Waals surface area contributed by atoms with Gasteiger partial charge in [-0.05, 0) is 43.0 Å². The van der Waals surface area contributed by atoms with Crippen LogP contribution in [0.3, 0.4) is 0 Å². The van der Waals surface area contributed by atoms with Gasteiger partial charge in [-0.2, -0.15) is 8.78 Å². The summed E-state index contributed by atoms with van der Waals surface area (Å²) in [6, 6.07) is 7.32. The number of hydrogen-bond donors (Lipinski definition) is 1. The molecule has 1 saturated carbocycles. The highest BCUT2D eigenvalue weighted by Gasteiger charge is 2.19. The molecule has 1 aromatic rings. The third-order valence-corrected chi connectivity index (χ3v) is 3.33. The van der Waals surface area contributed by atoms with Crippen LogP contribution in [0.25, 0.3) is 0 Å². The standard InChI is InChI=1S/C12H15F2NS/c13-12(14)16-11-5-3-10(4-6-11)8-15-7-9-1-2-9/h3-6,9,12,15H,1-2,7-8H2. The van der Waals surface area contributed by atoms with Gasteiger partial charge < -0.3 is 5.32 Å². The second-order valence-electron chi connectivity index (χ2n) is 4.10. The van der Waals surface area contributed by atoms with E-state index < -0.39 is 5.76 Å². The normalized spacial score (nSPS) is 15.7. The summed E-state index contributed by atoms with van der Waals surface area (Å²) in [5.74, 6) is -1.47. The van der Waals surface area contributed by atoms with Crippen molar-refractivity contribution in [1.29, 1.82) is 0 Å². The van der Waals surface area contributed by atoms with Gasteiger partial charge in [-0.25, -0.2) is 0 Å². The van der Waals surface area contributed by atoms with Gasteiger partial charge in [-0.1, -0.05) is 23.9 Å². The van der Waals surface area contributed by atoms with Crippen LogP contribution < -0.4 is 5.32 Å². The van der Waals surface area contributed by atoms with E-state index in [1.54, 1.807) is 12.1 Å². The molecule has 1 aliphatic carbocycles. The Morgan fingerprint density at radius 1 is 1.25 bits per heavy atom. The van der Waals surface area contributed by atoms with Gasteiger partial charge in [-0.3, -0.25) is 0 Å². The first kappa shape index (κ1) is 11.9. The van der Waals surface area contributed by atoms with Crippen LogP contribution in [-0.4, -0.2) is 12.3 Å². The van der Waals surface area contributed by atoms with Crippen LogP contribution in [0.2, 0.25) is 0 Å². The molecule has 1 aliphatic rings. The van der Waals surface area contributed by atoms with Crippen molar-refractivity contribution in [1.82, 2.24) is 5.32 Å². The van der Waals surface area contributed by atoms with E-state index >= 15 is 0 Å². The molecule has 0 saturated heterocycles. The second-order valence-corrected chi connectivity index (χ2v) is 5.16. The second kappa shape index (κ2) is 5.64. The highest BCUT2D eigenvalue weighted by Crippen LogP contribution is 2.28. The van der Waals surface area contributed by atoms with Gasteiger partial charge in [0.15, 0.2) is 0 Å². The monoisotopic (exact) mass is 243 g/mol. The Kier molecular flexibility index (Phi) is 4.18. The van der Waals surface area contributed by atoms with Crippen molar-refractivity contribution >= 4 is 11.8 Å². The zero-order valence-corrected chi connectivity index (χ0v) is 9.77. The quantitative estimate of drug-likeness (QED) is 0.767. The van der Waals surface area contributed by atoms with Crippen molar-refractivity contribution in [2.24, 2.45) is 5.92 Å². The van der Waals surface area contributed by atoms with E-state index in [1.165, 1.54) is 12.8 Å². The van der Waals surface area contributed by atoms with Gasteiger partial charge in [0.25, 0.3) is 5.76 Å². The van der Waals surface area contributed by atoms with Crippen LogP contribution in [0, 0.1) is 5.92 Å². The Labute approximate surface area is 98.6 Å². The number of nitrogens with one attached hydrogen (secondary N) is 1. The molecule has 1 fully saturated rings. The Balaban J connectivity index is 1.76. The fourth-order valence-corrected chi connectivity index (χ4v) is 2.03. The maximum Gasteiger partial charge on any atom is 0.288 e. The summed E-state index contributed by atoms with van der Waals surface area (Å²) in [7, 11) is 0. The lowest BCUT2D eigenvalue weighted by Gasteiger charge is -2.05. The average molecular weight is 243 g/mol. The van der Waals surface area contributed by atoms with E-state index in [4.69, 9.17) is 0 Å². The van der Waals surface area contributed by atoms with Gasteiger partial charge >= 0.3 is 0 Å². The summed E-state index contributed by atoms with van der Waals surface area (Å²) in [5.41, 5.74) is 1.15. The number of benzene rings is 1. The Morgan fingerprint density at radius 2 is 1.94 bits per heavy atom. The van der Waals surface area contributed by atoms with E-state index in [0.29, 0.717) is 16.7 Å². The lowest BCUT2D eigenvalue weighted by molar-refractivity contribution is 0.252. The molecule has 16 heavy (non-hydrogen) atoms. The Bertz CT molecular complexity index is 322. The first-order valence-electron chi connectivity index (χ1n) is 5.48. The van der Waals surface area contributed by atoms with Gasteiger partial charge in [0.05, 0.1) is 0 Å². The fourth-order valence-electron chi connectivity index (χ4n) is 1.53. The summed E-state index contributed by atoms with van der Waals surface area (Å²) in [5, 5.41) is 3.37. The number of thioether (sulfide) groups is 1. The molecule has 1 nitrogen and oxygen atoms in total. The number of alkyl halides is 2. The number of rotatable bonds is 6. The van der Waals surface area contributed by atoms with Crippen molar-refractivity contribution in [3.8, 4) is 0 Å². The van der Waals surface area contributed by atoms with E-state index in [2.05, 4.69) is 5.32 Å². The molecular weight excluding hydrogens is 228 g/mol. The molecule has 4 heteroatoms. The molecule has 0 aromatic heterocycles. The minimum Gasteiger partial charge on any atom is -0.312 e. The third kappa shape index (κ3) is 4.10. The number of hydrogen-bond acceptors (Lipinski definition) is 2. The lowest BCUT2D eigenvalue weighted by atomic mass is 10.2. The zero-order valence-electron chi connectivity index (χ0n) is 8.96. The molecule has 1 aromatic carbocycles. The minimum atomic E-state index is -2.33. The van der Waals surface area contributed by atoms with Crippen molar-refractivity contribution in [3.05, 3.63) is 29.8 Å². The molecule has 0 unspecified atom stereocenters. The molecule has 0 bridgehead atoms. The van der Waals surface area contributed by atoms with Crippen LogP contribution in [-0.2, 0) is 6.54 Å². The van der Waals surface area contributed by atoms with E-state index in [0.717, 1.165) is 24.6 Å². The lowest BCUT2D eigenvalue weighted by Crippen LogP contribution is -2.15. The highest BCUT2D eigenvalue weighted by molar-refractivity contribution is 7.99. The Hall–Kier alpha value is -0.610. The van der Waals surface area contributed by atoms with Crippen molar-refractivity contribution < 1.29 is 8.78 Å². The largest absolute Gasteiger partial charge is 0.312 e. The average Bonchev–Trinajstić information content (AvgIpc) is 3.04. The summed E-state index contributed by atoms with van der Waals surface area (Å²) in [6.07, 6.45) is 2.69. The summed E-state index contributed by atoms with van der Waals surface area (Å²) >= 11 is 0.592. The van der Waals surface area contributed by atoms with Crippen LogP contribution in [0.15, 0.2) is 29.2 Å². The first-order valence-corrected chi connectivity index (χ1v) is 6.36. The predicted octanol–water partition coefficient (Wildman–Crippen LogP) is 3.50. The fraction of sp³-hybridized carbons (Fsp3) is 0.500. The topological polar surface area (TPSA) is 12.0 Å². The molecule has 0 spiro atoms. The van der Waals surface area contributed by atoms with Crippen molar-refractivity contribution in [2.45, 2.75) is 30.0 Å². The third-order valence-electron chi connectivity index (χ3n) is 2.61.